The van der Waals surface area contributed by atoms with E-state index in [1.54, 1.807) is 0 Å². The lowest BCUT2D eigenvalue weighted by Gasteiger charge is -2.21. The van der Waals surface area contributed by atoms with Gasteiger partial charge in [-0.15, -0.1) is 0 Å². The molecule has 2 aliphatic rings. The van der Waals surface area contributed by atoms with E-state index >= 15 is 0 Å². The number of aliphatic imine (C=N–C) groups is 1. The highest BCUT2D eigenvalue weighted by Crippen LogP contribution is 2.37. The Labute approximate surface area is 98.3 Å². The van der Waals surface area contributed by atoms with Crippen LogP contribution >= 0.6 is 0 Å². The molecular formula is C12H24N4. The number of hydrogen-bond acceptors (Lipinski definition) is 2. The van der Waals surface area contributed by atoms with E-state index in [1.165, 1.54) is 19.3 Å². The lowest BCUT2D eigenvalue weighted by molar-refractivity contribution is 0.444. The Morgan fingerprint density at radius 3 is 2.50 bits per heavy atom. The summed E-state index contributed by atoms with van der Waals surface area (Å²) in [4.78, 5) is 6.89. The first-order valence-corrected chi connectivity index (χ1v) is 6.46. The lowest BCUT2D eigenvalue weighted by Crippen LogP contribution is -2.44. The summed E-state index contributed by atoms with van der Waals surface area (Å²) in [5.74, 6) is 8.82. The van der Waals surface area contributed by atoms with Crippen LogP contribution in [-0.2, 0) is 0 Å². The van der Waals surface area contributed by atoms with Crippen molar-refractivity contribution >= 4 is 5.96 Å². The zero-order valence-corrected chi connectivity index (χ0v) is 10.4. The number of rotatable bonds is 2. The molecule has 0 bridgehead atoms. The van der Waals surface area contributed by atoms with Gasteiger partial charge in [-0.25, -0.2) is 5.84 Å². The van der Waals surface area contributed by atoms with Gasteiger partial charge in [0.15, 0.2) is 0 Å². The molecule has 1 saturated heterocycles. The van der Waals surface area contributed by atoms with Crippen molar-refractivity contribution in [3.05, 3.63) is 0 Å². The van der Waals surface area contributed by atoms with Gasteiger partial charge in [0, 0.05) is 19.6 Å². The molecule has 2 atom stereocenters. The second kappa shape index (κ2) is 5.04. The molecule has 16 heavy (non-hydrogen) atoms. The van der Waals surface area contributed by atoms with E-state index in [9.17, 15) is 0 Å². The van der Waals surface area contributed by atoms with E-state index in [-0.39, 0.29) is 0 Å². The molecule has 0 spiro atoms. The van der Waals surface area contributed by atoms with Gasteiger partial charge in [-0.1, -0.05) is 20.3 Å². The van der Waals surface area contributed by atoms with Crippen LogP contribution in [0, 0.1) is 17.8 Å². The monoisotopic (exact) mass is 224 g/mol. The summed E-state index contributed by atoms with van der Waals surface area (Å²) in [5.41, 5.74) is 2.76. The number of hydrazine groups is 1. The maximum Gasteiger partial charge on any atom is 0.208 e. The van der Waals surface area contributed by atoms with Crippen LogP contribution in [0.15, 0.2) is 4.99 Å². The number of nitrogens with one attached hydrogen (secondary N) is 1. The fraction of sp³-hybridized carbons (Fsp3) is 0.917. The largest absolute Gasteiger partial charge is 0.341 e. The average molecular weight is 224 g/mol. The van der Waals surface area contributed by atoms with E-state index in [2.05, 4.69) is 29.2 Å². The van der Waals surface area contributed by atoms with Crippen LogP contribution in [0.5, 0.6) is 0 Å². The summed E-state index contributed by atoms with van der Waals surface area (Å²) in [6.07, 6.45) is 4.20. The second-order valence-corrected chi connectivity index (χ2v) is 5.56. The van der Waals surface area contributed by atoms with Gasteiger partial charge < -0.3 is 4.90 Å². The molecule has 1 aliphatic carbocycles. The summed E-state index contributed by atoms with van der Waals surface area (Å²) >= 11 is 0. The molecule has 2 rings (SSSR count). The van der Waals surface area contributed by atoms with Crippen molar-refractivity contribution in [2.75, 3.05) is 19.6 Å². The van der Waals surface area contributed by atoms with Crippen molar-refractivity contribution in [1.82, 2.24) is 10.3 Å². The maximum absolute atomic E-state index is 5.57. The number of likely N-dealkylation sites (tertiary alicyclic amines) is 1. The molecule has 1 aliphatic heterocycles. The van der Waals surface area contributed by atoms with Gasteiger partial charge in [0.2, 0.25) is 5.96 Å². The molecule has 2 unspecified atom stereocenters. The van der Waals surface area contributed by atoms with Gasteiger partial charge in [-0.3, -0.25) is 10.4 Å². The van der Waals surface area contributed by atoms with Gasteiger partial charge in [0.1, 0.15) is 0 Å². The van der Waals surface area contributed by atoms with Crippen molar-refractivity contribution in [3.8, 4) is 0 Å². The van der Waals surface area contributed by atoms with E-state index in [0.717, 1.165) is 37.4 Å². The maximum atomic E-state index is 5.57. The molecule has 0 aromatic rings. The van der Waals surface area contributed by atoms with Gasteiger partial charge in [0.05, 0.1) is 0 Å². The smallest absolute Gasteiger partial charge is 0.208 e. The number of hydrogen-bond donors (Lipinski definition) is 2. The van der Waals surface area contributed by atoms with Crippen LogP contribution in [0.2, 0.25) is 0 Å². The summed E-state index contributed by atoms with van der Waals surface area (Å²) in [6, 6.07) is 0. The summed E-state index contributed by atoms with van der Waals surface area (Å²) in [5, 5.41) is 0. The molecular weight excluding hydrogens is 200 g/mol. The number of fused-ring (bicyclic) bond motifs is 1. The highest BCUT2D eigenvalue weighted by Gasteiger charge is 2.37. The Balaban J connectivity index is 1.93. The molecule has 1 saturated carbocycles. The Bertz CT molecular complexity index is 250. The van der Waals surface area contributed by atoms with Crippen molar-refractivity contribution in [3.63, 3.8) is 0 Å². The third-order valence-corrected chi connectivity index (χ3v) is 3.76. The van der Waals surface area contributed by atoms with Gasteiger partial charge in [0.25, 0.3) is 0 Å². The number of nitrogens with zero attached hydrogens (tertiary/aromatic N) is 2. The van der Waals surface area contributed by atoms with Crippen LogP contribution in [0.3, 0.4) is 0 Å². The minimum Gasteiger partial charge on any atom is -0.341 e. The van der Waals surface area contributed by atoms with Crippen LogP contribution in [0.1, 0.15) is 33.1 Å². The fourth-order valence-corrected chi connectivity index (χ4v) is 2.91. The van der Waals surface area contributed by atoms with Gasteiger partial charge >= 0.3 is 0 Å². The zero-order chi connectivity index (χ0) is 11.5. The van der Waals surface area contributed by atoms with E-state index in [1.807, 2.05) is 0 Å². The fourth-order valence-electron chi connectivity index (χ4n) is 2.91. The Morgan fingerprint density at radius 2 is 2.00 bits per heavy atom. The molecule has 0 aromatic heterocycles. The molecule has 0 amide bonds. The Morgan fingerprint density at radius 1 is 1.38 bits per heavy atom. The quantitative estimate of drug-likeness (QED) is 0.321. The zero-order valence-electron chi connectivity index (χ0n) is 10.4. The predicted molar refractivity (Wildman–Crippen MR) is 66.9 cm³/mol. The van der Waals surface area contributed by atoms with E-state index in [4.69, 9.17) is 5.84 Å². The Kier molecular flexibility index (Phi) is 3.69. The summed E-state index contributed by atoms with van der Waals surface area (Å²) in [7, 11) is 0. The Hall–Kier alpha value is -0.770. The minimum absolute atomic E-state index is 0.588. The topological polar surface area (TPSA) is 53.6 Å². The predicted octanol–water partition coefficient (Wildman–Crippen LogP) is 1.19. The van der Waals surface area contributed by atoms with Crippen molar-refractivity contribution in [2.24, 2.45) is 28.6 Å². The third kappa shape index (κ3) is 2.48. The van der Waals surface area contributed by atoms with Gasteiger partial charge in [-0.05, 0) is 30.6 Å². The van der Waals surface area contributed by atoms with Crippen molar-refractivity contribution in [2.45, 2.75) is 33.1 Å². The van der Waals surface area contributed by atoms with E-state index < -0.39 is 0 Å². The van der Waals surface area contributed by atoms with Crippen LogP contribution < -0.4 is 11.3 Å². The first kappa shape index (κ1) is 11.7. The van der Waals surface area contributed by atoms with E-state index in [0.29, 0.717) is 5.92 Å². The molecule has 92 valence electrons. The average Bonchev–Trinajstić information content (AvgIpc) is 2.78. The van der Waals surface area contributed by atoms with Crippen LogP contribution in [0.25, 0.3) is 0 Å². The minimum atomic E-state index is 0.588. The number of nitrogens with two attached hydrogens (primary N) is 1. The van der Waals surface area contributed by atoms with Crippen LogP contribution in [0.4, 0.5) is 0 Å². The lowest BCUT2D eigenvalue weighted by atomic mass is 10.0. The first-order chi connectivity index (χ1) is 7.70. The van der Waals surface area contributed by atoms with Gasteiger partial charge in [-0.2, -0.15) is 0 Å². The van der Waals surface area contributed by atoms with Crippen molar-refractivity contribution < 1.29 is 0 Å². The molecule has 4 nitrogen and oxygen atoms in total. The third-order valence-electron chi connectivity index (χ3n) is 3.76. The standard InChI is InChI=1S/C12H24N4/c1-9(2)6-14-12(15-13)16-7-10-4-3-5-11(10)8-16/h9-11H,3-8,13H2,1-2H3,(H,14,15). The molecule has 1 heterocycles. The normalized spacial score (nSPS) is 30.0. The van der Waals surface area contributed by atoms with Crippen LogP contribution in [-0.4, -0.2) is 30.5 Å². The molecule has 2 fully saturated rings. The highest BCUT2D eigenvalue weighted by molar-refractivity contribution is 5.79. The van der Waals surface area contributed by atoms with Crippen molar-refractivity contribution in [1.29, 1.82) is 0 Å². The highest BCUT2D eigenvalue weighted by atomic mass is 15.4. The first-order valence-electron chi connectivity index (χ1n) is 6.46. The molecule has 3 N–H and O–H groups in total. The summed E-state index contributed by atoms with van der Waals surface area (Å²) in [6.45, 7) is 7.50. The molecule has 0 aromatic carbocycles. The second-order valence-electron chi connectivity index (χ2n) is 5.56. The molecule has 0 radical (unpaired) electrons. The molecule has 4 heteroatoms. The summed E-state index contributed by atoms with van der Waals surface area (Å²) < 4.78 is 0. The number of guanidine groups is 1. The SMILES string of the molecule is CC(C)CN=C(NN)N1CC2CCCC2C1.